The Hall–Kier alpha value is -1.06. The van der Waals surface area contributed by atoms with Crippen molar-refractivity contribution in [3.8, 4) is 0 Å². The van der Waals surface area contributed by atoms with Crippen LogP contribution in [0.4, 0.5) is 0 Å². The van der Waals surface area contributed by atoms with Gasteiger partial charge in [-0.25, -0.2) is 0 Å². The maximum Gasteiger partial charge on any atom is 0.307 e. The molecule has 4 heteroatoms. The fourth-order valence-electron chi connectivity index (χ4n) is 2.74. The lowest BCUT2D eigenvalue weighted by atomic mass is 9.78. The van der Waals surface area contributed by atoms with Gasteiger partial charge in [-0.15, -0.1) is 0 Å². The van der Waals surface area contributed by atoms with Crippen LogP contribution < -0.4 is 5.32 Å². The fraction of sp³-hybridized carbons (Fsp3) is 0.857. The quantitative estimate of drug-likeness (QED) is 0.731. The van der Waals surface area contributed by atoms with E-state index in [0.29, 0.717) is 12.3 Å². The van der Waals surface area contributed by atoms with Crippen molar-refractivity contribution in [3.63, 3.8) is 0 Å². The van der Waals surface area contributed by atoms with E-state index in [1.165, 1.54) is 19.3 Å². The molecule has 1 amide bonds. The van der Waals surface area contributed by atoms with Crippen LogP contribution in [0.3, 0.4) is 0 Å². The Bertz CT molecular complexity index is 325. The minimum absolute atomic E-state index is 0.0320. The molecule has 0 saturated heterocycles. The van der Waals surface area contributed by atoms with Crippen LogP contribution in [0.2, 0.25) is 0 Å². The Balaban J connectivity index is 1.80. The summed E-state index contributed by atoms with van der Waals surface area (Å²) in [6.07, 6.45) is 7.52. The average molecular weight is 253 g/mol. The lowest BCUT2D eigenvalue weighted by Gasteiger charge is -2.34. The number of aliphatic carboxylic acids is 1. The van der Waals surface area contributed by atoms with Crippen molar-refractivity contribution in [2.45, 2.75) is 57.9 Å². The van der Waals surface area contributed by atoms with Crippen LogP contribution in [0.25, 0.3) is 0 Å². The summed E-state index contributed by atoms with van der Waals surface area (Å²) in [7, 11) is 0. The van der Waals surface area contributed by atoms with E-state index in [0.717, 1.165) is 19.3 Å². The summed E-state index contributed by atoms with van der Waals surface area (Å²) in [4.78, 5) is 22.7. The summed E-state index contributed by atoms with van der Waals surface area (Å²) >= 11 is 0. The molecule has 102 valence electrons. The van der Waals surface area contributed by atoms with Crippen molar-refractivity contribution >= 4 is 11.9 Å². The van der Waals surface area contributed by atoms with Gasteiger partial charge in [0.15, 0.2) is 0 Å². The first kappa shape index (κ1) is 13.4. The highest BCUT2D eigenvalue weighted by molar-refractivity contribution is 5.89. The van der Waals surface area contributed by atoms with Crippen molar-refractivity contribution < 1.29 is 14.7 Å². The molecule has 2 aliphatic carbocycles. The summed E-state index contributed by atoms with van der Waals surface area (Å²) in [6, 6.07) is 0.279. The zero-order valence-electron chi connectivity index (χ0n) is 11.0. The second-order valence-corrected chi connectivity index (χ2v) is 5.74. The number of hydrogen-bond acceptors (Lipinski definition) is 2. The number of amides is 1. The van der Waals surface area contributed by atoms with Gasteiger partial charge >= 0.3 is 5.97 Å². The van der Waals surface area contributed by atoms with Crippen LogP contribution in [-0.4, -0.2) is 23.0 Å². The van der Waals surface area contributed by atoms with Crippen molar-refractivity contribution in [2.24, 2.45) is 17.8 Å². The first-order valence-electron chi connectivity index (χ1n) is 7.16. The molecule has 2 aliphatic rings. The second kappa shape index (κ2) is 5.72. The summed E-state index contributed by atoms with van der Waals surface area (Å²) in [5, 5.41) is 11.9. The van der Waals surface area contributed by atoms with E-state index in [1.807, 2.05) is 0 Å². The highest BCUT2D eigenvalue weighted by Gasteiger charge is 2.48. The molecule has 18 heavy (non-hydrogen) atoms. The van der Waals surface area contributed by atoms with Gasteiger partial charge in [-0.2, -0.15) is 0 Å². The summed E-state index contributed by atoms with van der Waals surface area (Å²) in [6.45, 7) is 2.15. The lowest BCUT2D eigenvalue weighted by Crippen LogP contribution is -2.43. The minimum atomic E-state index is -0.830. The van der Waals surface area contributed by atoms with Gasteiger partial charge in [-0.1, -0.05) is 26.2 Å². The third-order valence-corrected chi connectivity index (χ3v) is 4.36. The Morgan fingerprint density at radius 1 is 1.33 bits per heavy atom. The van der Waals surface area contributed by atoms with Gasteiger partial charge in [-0.05, 0) is 31.6 Å². The van der Waals surface area contributed by atoms with E-state index in [-0.39, 0.29) is 17.9 Å². The molecule has 2 N–H and O–H groups in total. The van der Waals surface area contributed by atoms with Crippen LogP contribution in [0.15, 0.2) is 0 Å². The number of carboxylic acids is 1. The van der Waals surface area contributed by atoms with Crippen molar-refractivity contribution in [2.75, 3.05) is 0 Å². The molecule has 0 heterocycles. The SMILES string of the molecule is CCCCC(NC(=O)C1CC1C(=O)O)C1CCC1. The zero-order chi connectivity index (χ0) is 13.1. The number of hydrogen-bond donors (Lipinski definition) is 2. The van der Waals surface area contributed by atoms with E-state index in [1.54, 1.807) is 0 Å². The van der Waals surface area contributed by atoms with Gasteiger partial charge in [0, 0.05) is 6.04 Å². The predicted octanol–water partition coefficient (Wildman–Crippen LogP) is 2.18. The number of carbonyl (C=O) groups excluding carboxylic acids is 1. The van der Waals surface area contributed by atoms with E-state index < -0.39 is 11.9 Å². The molecular weight excluding hydrogens is 230 g/mol. The van der Waals surface area contributed by atoms with Gasteiger partial charge in [0.25, 0.3) is 0 Å². The summed E-state index contributed by atoms with van der Waals surface area (Å²) < 4.78 is 0. The van der Waals surface area contributed by atoms with Gasteiger partial charge in [0.1, 0.15) is 0 Å². The minimum Gasteiger partial charge on any atom is -0.481 e. The van der Waals surface area contributed by atoms with Crippen LogP contribution in [0, 0.1) is 17.8 Å². The predicted molar refractivity (Wildman–Crippen MR) is 68.0 cm³/mol. The Kier molecular flexibility index (Phi) is 4.25. The first-order valence-corrected chi connectivity index (χ1v) is 7.16. The molecule has 3 atom stereocenters. The number of unbranched alkanes of at least 4 members (excludes halogenated alkanes) is 1. The Morgan fingerprint density at radius 3 is 2.50 bits per heavy atom. The number of carbonyl (C=O) groups is 2. The Labute approximate surface area is 108 Å². The van der Waals surface area contributed by atoms with Gasteiger partial charge in [0.05, 0.1) is 11.8 Å². The highest BCUT2D eigenvalue weighted by Crippen LogP contribution is 2.39. The molecular formula is C14H23NO3. The number of rotatable bonds is 7. The fourth-order valence-corrected chi connectivity index (χ4v) is 2.74. The van der Waals surface area contributed by atoms with Gasteiger partial charge in [-0.3, -0.25) is 9.59 Å². The zero-order valence-corrected chi connectivity index (χ0v) is 11.0. The van der Waals surface area contributed by atoms with E-state index >= 15 is 0 Å². The van der Waals surface area contributed by atoms with Crippen molar-refractivity contribution in [1.82, 2.24) is 5.32 Å². The topological polar surface area (TPSA) is 66.4 Å². The molecule has 0 radical (unpaired) electrons. The molecule has 3 unspecified atom stereocenters. The molecule has 2 fully saturated rings. The number of carboxylic acid groups (broad SMARTS) is 1. The molecule has 2 rings (SSSR count). The van der Waals surface area contributed by atoms with E-state index in [9.17, 15) is 9.59 Å². The molecule has 0 aliphatic heterocycles. The largest absolute Gasteiger partial charge is 0.481 e. The standard InChI is InChI=1S/C14H23NO3/c1-2-3-7-12(9-5-4-6-9)15-13(16)10-8-11(10)14(17)18/h9-12H,2-8H2,1H3,(H,15,16)(H,17,18). The second-order valence-electron chi connectivity index (χ2n) is 5.74. The maximum absolute atomic E-state index is 12.0. The third kappa shape index (κ3) is 3.03. The molecule has 0 aromatic rings. The third-order valence-electron chi connectivity index (χ3n) is 4.36. The van der Waals surface area contributed by atoms with Crippen LogP contribution in [0.5, 0.6) is 0 Å². The van der Waals surface area contributed by atoms with Crippen LogP contribution in [-0.2, 0) is 9.59 Å². The molecule has 0 bridgehead atoms. The summed E-state index contributed by atoms with van der Waals surface area (Å²) in [5.41, 5.74) is 0. The van der Waals surface area contributed by atoms with E-state index in [2.05, 4.69) is 12.2 Å². The van der Waals surface area contributed by atoms with Gasteiger partial charge in [0.2, 0.25) is 5.91 Å². The smallest absolute Gasteiger partial charge is 0.307 e. The maximum atomic E-state index is 12.0. The van der Waals surface area contributed by atoms with Crippen molar-refractivity contribution in [1.29, 1.82) is 0 Å². The molecule has 0 aromatic heterocycles. The first-order chi connectivity index (χ1) is 8.63. The van der Waals surface area contributed by atoms with Crippen LogP contribution in [0.1, 0.15) is 51.9 Å². The Morgan fingerprint density at radius 2 is 2.06 bits per heavy atom. The van der Waals surface area contributed by atoms with Crippen molar-refractivity contribution in [3.05, 3.63) is 0 Å². The summed E-state index contributed by atoms with van der Waals surface area (Å²) in [5.74, 6) is -0.938. The van der Waals surface area contributed by atoms with Crippen LogP contribution >= 0.6 is 0 Å². The average Bonchev–Trinajstić information content (AvgIpc) is 3.02. The molecule has 4 nitrogen and oxygen atoms in total. The molecule has 2 saturated carbocycles. The number of nitrogens with one attached hydrogen (secondary N) is 1. The lowest BCUT2D eigenvalue weighted by molar-refractivity contribution is -0.140. The normalized spacial score (nSPS) is 28.3. The van der Waals surface area contributed by atoms with E-state index in [4.69, 9.17) is 5.11 Å². The van der Waals surface area contributed by atoms with Gasteiger partial charge < -0.3 is 10.4 Å². The molecule has 0 aromatic carbocycles. The monoisotopic (exact) mass is 253 g/mol. The highest BCUT2D eigenvalue weighted by atomic mass is 16.4. The molecule has 0 spiro atoms.